The van der Waals surface area contributed by atoms with E-state index in [0.29, 0.717) is 0 Å². The maximum absolute atomic E-state index is 2.59. The minimum Gasteiger partial charge on any atom is -0.147 e. The first-order valence-corrected chi connectivity index (χ1v) is 16.7. The molecule has 0 radical (unpaired) electrons. The van der Waals surface area contributed by atoms with Crippen molar-refractivity contribution in [2.45, 2.75) is 33.6 Å². The zero-order chi connectivity index (χ0) is 24.7. The molecule has 0 fully saturated rings. The van der Waals surface area contributed by atoms with E-state index in [1.807, 2.05) is 0 Å². The van der Waals surface area contributed by atoms with Crippen LogP contribution in [0.1, 0.15) is 49.4 Å². The summed E-state index contributed by atoms with van der Waals surface area (Å²) >= 11 is -2.59. The van der Waals surface area contributed by atoms with E-state index in [4.69, 9.17) is 0 Å². The average molecular weight is 617 g/mol. The van der Waals surface area contributed by atoms with E-state index in [1.54, 1.807) is 15.3 Å². The van der Waals surface area contributed by atoms with Crippen LogP contribution >= 0.6 is 24.8 Å². The second kappa shape index (κ2) is 11.8. The molecule has 2 aliphatic rings. The molecule has 0 unspecified atom stereocenters. The van der Waals surface area contributed by atoms with E-state index >= 15 is 0 Å². The molecular formula is C35H34Cl2Zr. The molecule has 0 saturated heterocycles. The van der Waals surface area contributed by atoms with Crippen molar-refractivity contribution in [1.82, 2.24) is 0 Å². The van der Waals surface area contributed by atoms with E-state index in [9.17, 15) is 0 Å². The quantitative estimate of drug-likeness (QED) is 0.189. The number of rotatable bonds is 4. The largest absolute Gasteiger partial charge is 0.147 e. The Morgan fingerprint density at radius 3 is 1.84 bits per heavy atom. The van der Waals surface area contributed by atoms with Gasteiger partial charge in [-0.25, -0.2) is 0 Å². The molecule has 0 aromatic heterocycles. The van der Waals surface area contributed by atoms with Gasteiger partial charge in [-0.1, -0.05) is 0 Å². The second-order valence-corrected chi connectivity index (χ2v) is 16.9. The van der Waals surface area contributed by atoms with Gasteiger partial charge in [0.1, 0.15) is 0 Å². The van der Waals surface area contributed by atoms with Crippen LogP contribution < -0.4 is 3.27 Å². The third-order valence-corrected chi connectivity index (χ3v) is 15.1. The van der Waals surface area contributed by atoms with Gasteiger partial charge in [-0.3, -0.25) is 0 Å². The minimum absolute atomic E-state index is 0. The summed E-state index contributed by atoms with van der Waals surface area (Å²) in [5.41, 5.74) is 10.3. The van der Waals surface area contributed by atoms with Gasteiger partial charge in [0.05, 0.1) is 0 Å². The van der Waals surface area contributed by atoms with Crippen LogP contribution in [0.2, 0.25) is 0 Å². The third kappa shape index (κ3) is 5.40. The maximum Gasteiger partial charge on any atom is -0.147 e. The van der Waals surface area contributed by atoms with E-state index in [2.05, 4.69) is 136 Å². The van der Waals surface area contributed by atoms with Gasteiger partial charge in [-0.2, -0.15) is 0 Å². The Morgan fingerprint density at radius 2 is 1.24 bits per heavy atom. The molecular weight excluding hydrogens is 583 g/mol. The molecule has 0 atom stereocenters. The van der Waals surface area contributed by atoms with Crippen molar-refractivity contribution in [3.63, 3.8) is 0 Å². The summed E-state index contributed by atoms with van der Waals surface area (Å²) in [4.78, 5) is 0. The smallest absolute Gasteiger partial charge is 0.147 e. The topological polar surface area (TPSA) is 0 Å². The van der Waals surface area contributed by atoms with E-state index < -0.39 is 21.3 Å². The normalized spacial score (nSPS) is 13.3. The summed E-state index contributed by atoms with van der Waals surface area (Å²) in [6.07, 6.45) is 7.22. The SMILES string of the molecule is CC(C)(C)C1=CC[C]([Zr](=[C](c2ccccc2)c2ccccc2)[c]2cccc3c2Cc2ccccc2-3)=C1.Cl.Cl. The van der Waals surface area contributed by atoms with Gasteiger partial charge in [0.15, 0.2) is 0 Å². The zero-order valence-electron chi connectivity index (χ0n) is 22.2. The van der Waals surface area contributed by atoms with Crippen molar-refractivity contribution in [2.24, 2.45) is 5.41 Å². The molecule has 2 aliphatic carbocycles. The van der Waals surface area contributed by atoms with E-state index in [0.717, 1.165) is 12.8 Å². The van der Waals surface area contributed by atoms with Crippen LogP contribution in [0.3, 0.4) is 0 Å². The van der Waals surface area contributed by atoms with Gasteiger partial charge in [-0.05, 0) is 0 Å². The fourth-order valence-electron chi connectivity index (χ4n) is 5.75. The number of hydrogen-bond donors (Lipinski definition) is 0. The van der Waals surface area contributed by atoms with Gasteiger partial charge < -0.3 is 0 Å². The molecule has 4 aromatic rings. The monoisotopic (exact) mass is 614 g/mol. The zero-order valence-corrected chi connectivity index (χ0v) is 26.3. The molecule has 0 amide bonds. The Balaban J connectivity index is 0.00000168. The summed E-state index contributed by atoms with van der Waals surface area (Å²) < 4.78 is 4.93. The Labute approximate surface area is 247 Å². The summed E-state index contributed by atoms with van der Waals surface area (Å²) in [5, 5.41) is 0. The molecule has 3 heteroatoms. The van der Waals surface area contributed by atoms with E-state index in [-0.39, 0.29) is 30.2 Å². The standard InChI is InChI=1S/C13H9.C13H10.C9H13.2ClH.Zr/c1-3-7-12-10(5-1)9-11-6-2-4-8-13(11)12;1-3-7-12(8-4-1)11-13-9-5-2-6-10-13;1-9(2,3)8-6-4-5-7-8;;;/h1-5,7-8H,9H2;1-10H;6-7H,4H2,1-3H3;2*1H;. The average Bonchev–Trinajstić information content (AvgIpc) is 3.54. The third-order valence-electron chi connectivity index (χ3n) is 7.55. The van der Waals surface area contributed by atoms with Gasteiger partial charge in [0, 0.05) is 0 Å². The predicted octanol–water partition coefficient (Wildman–Crippen LogP) is 8.87. The Hall–Kier alpha value is -2.31. The summed E-state index contributed by atoms with van der Waals surface area (Å²) in [6, 6.07) is 38.5. The van der Waals surface area contributed by atoms with Crippen LogP contribution in [0.25, 0.3) is 11.1 Å². The number of allylic oxidation sites excluding steroid dienone is 4. The second-order valence-electron chi connectivity index (χ2n) is 10.9. The molecule has 0 aliphatic heterocycles. The number of hydrogen-bond acceptors (Lipinski definition) is 0. The van der Waals surface area contributed by atoms with Gasteiger partial charge in [-0.15, -0.1) is 24.8 Å². The van der Waals surface area contributed by atoms with E-state index in [1.165, 1.54) is 33.4 Å². The molecule has 0 saturated carbocycles. The minimum atomic E-state index is -2.59. The molecule has 0 bridgehead atoms. The van der Waals surface area contributed by atoms with Crippen molar-refractivity contribution >= 4 is 31.3 Å². The molecule has 0 spiro atoms. The molecule has 4 aromatic carbocycles. The van der Waals surface area contributed by atoms with Crippen LogP contribution in [-0.4, -0.2) is 3.21 Å². The first-order chi connectivity index (χ1) is 17.5. The van der Waals surface area contributed by atoms with Crippen molar-refractivity contribution < 1.29 is 21.3 Å². The number of halogens is 2. The fourth-order valence-corrected chi connectivity index (χ4v) is 13.7. The first-order valence-electron chi connectivity index (χ1n) is 13.0. The molecule has 192 valence electrons. The summed E-state index contributed by atoms with van der Waals surface area (Å²) in [5.74, 6) is 0. The van der Waals surface area contributed by atoms with Crippen LogP contribution in [-0.2, 0) is 27.7 Å². The van der Waals surface area contributed by atoms with Crippen molar-refractivity contribution in [1.29, 1.82) is 0 Å². The molecule has 0 heterocycles. The summed E-state index contributed by atoms with van der Waals surface area (Å²) in [7, 11) is 0. The summed E-state index contributed by atoms with van der Waals surface area (Å²) in [6.45, 7) is 7.03. The van der Waals surface area contributed by atoms with Crippen LogP contribution in [0.5, 0.6) is 0 Å². The fraction of sp³-hybridized carbons (Fsp3) is 0.171. The maximum atomic E-state index is 2.59. The molecule has 6 rings (SSSR count). The van der Waals surface area contributed by atoms with Crippen molar-refractivity contribution in [3.8, 4) is 11.1 Å². The van der Waals surface area contributed by atoms with Gasteiger partial charge in [0.25, 0.3) is 0 Å². The van der Waals surface area contributed by atoms with Crippen molar-refractivity contribution in [3.05, 3.63) is 146 Å². The Bertz CT molecular complexity index is 1500. The van der Waals surface area contributed by atoms with Crippen LogP contribution in [0.15, 0.2) is 124 Å². The Kier molecular flexibility index (Phi) is 8.94. The first kappa shape index (κ1) is 28.7. The van der Waals surface area contributed by atoms with Gasteiger partial charge in [0.2, 0.25) is 0 Å². The van der Waals surface area contributed by atoms with Crippen molar-refractivity contribution in [2.75, 3.05) is 0 Å². The van der Waals surface area contributed by atoms with Crippen LogP contribution in [0.4, 0.5) is 0 Å². The predicted molar refractivity (Wildman–Crippen MR) is 165 cm³/mol. The number of benzene rings is 4. The van der Waals surface area contributed by atoms with Gasteiger partial charge >= 0.3 is 224 Å². The molecule has 0 N–H and O–H groups in total. The number of fused-ring (bicyclic) bond motifs is 3. The van der Waals surface area contributed by atoms with Crippen LogP contribution in [0, 0.1) is 5.41 Å². The Morgan fingerprint density at radius 1 is 0.658 bits per heavy atom. The molecule has 0 nitrogen and oxygen atoms in total. The molecule has 38 heavy (non-hydrogen) atoms.